The minimum atomic E-state index is -3.17. The summed E-state index contributed by atoms with van der Waals surface area (Å²) in [6.45, 7) is 0. The molecule has 0 saturated carbocycles. The Balaban J connectivity index is 2.19. The molecule has 0 aliphatic rings. The Hall–Kier alpha value is -1.80. The molecule has 1 unspecified atom stereocenters. The smallest absolute Gasteiger partial charge is 0.176 e. The highest BCUT2D eigenvalue weighted by molar-refractivity contribution is 7.90. The molecule has 0 bridgehead atoms. The van der Waals surface area contributed by atoms with Crippen LogP contribution in [0.3, 0.4) is 0 Å². The van der Waals surface area contributed by atoms with Crippen LogP contribution in [-0.2, 0) is 23.3 Å². The molecular formula is C12H17N5O2S. The summed E-state index contributed by atoms with van der Waals surface area (Å²) in [5.74, 6) is 0.638. The lowest BCUT2D eigenvalue weighted by molar-refractivity contribution is 0.569. The van der Waals surface area contributed by atoms with E-state index >= 15 is 0 Å². The Morgan fingerprint density at radius 2 is 1.95 bits per heavy atom. The minimum absolute atomic E-state index is 0.00723. The van der Waals surface area contributed by atoms with Crippen LogP contribution in [0.4, 0.5) is 0 Å². The predicted octanol–water partition coefficient (Wildman–Crippen LogP) is 0.117. The van der Waals surface area contributed by atoms with Crippen LogP contribution in [0, 0.1) is 0 Å². The average molecular weight is 295 g/mol. The summed E-state index contributed by atoms with van der Waals surface area (Å²) in [4.78, 5) is 1.73. The Morgan fingerprint density at radius 3 is 2.40 bits per heavy atom. The van der Waals surface area contributed by atoms with Gasteiger partial charge in [0.2, 0.25) is 0 Å². The lowest BCUT2D eigenvalue weighted by Crippen LogP contribution is -2.19. The van der Waals surface area contributed by atoms with Gasteiger partial charge < -0.3 is 5.32 Å². The van der Waals surface area contributed by atoms with E-state index in [-0.39, 0.29) is 6.04 Å². The molecule has 20 heavy (non-hydrogen) atoms. The van der Waals surface area contributed by atoms with E-state index < -0.39 is 9.84 Å². The molecule has 1 aromatic carbocycles. The maximum Gasteiger partial charge on any atom is 0.176 e. The van der Waals surface area contributed by atoms with E-state index in [1.54, 1.807) is 31.3 Å². The molecule has 1 N–H and O–H groups in total. The first-order valence-corrected chi connectivity index (χ1v) is 7.99. The van der Waals surface area contributed by atoms with Gasteiger partial charge in [-0.15, -0.1) is 10.2 Å². The van der Waals surface area contributed by atoms with Crippen molar-refractivity contribution in [2.24, 2.45) is 7.05 Å². The second-order valence-corrected chi connectivity index (χ2v) is 6.60. The SMILES string of the molecule is CNC(Cc1nnn(C)n1)c1ccc(S(C)(=O)=O)cc1. The van der Waals surface area contributed by atoms with Crippen molar-refractivity contribution in [1.82, 2.24) is 25.5 Å². The fourth-order valence-electron chi connectivity index (χ4n) is 1.92. The molecule has 1 aromatic heterocycles. The maximum absolute atomic E-state index is 11.4. The highest BCUT2D eigenvalue weighted by Crippen LogP contribution is 2.18. The van der Waals surface area contributed by atoms with Gasteiger partial charge in [-0.05, 0) is 30.0 Å². The summed E-state index contributed by atoms with van der Waals surface area (Å²) in [6.07, 6.45) is 1.78. The van der Waals surface area contributed by atoms with Crippen LogP contribution >= 0.6 is 0 Å². The van der Waals surface area contributed by atoms with E-state index in [4.69, 9.17) is 0 Å². The third kappa shape index (κ3) is 3.40. The molecule has 0 amide bonds. The zero-order valence-electron chi connectivity index (χ0n) is 11.6. The molecule has 1 atom stereocenters. The van der Waals surface area contributed by atoms with Crippen molar-refractivity contribution in [2.45, 2.75) is 17.4 Å². The standard InChI is InChI=1S/C12H17N5O2S/c1-13-11(8-12-14-16-17(2)15-12)9-4-6-10(7-5-9)20(3,18)19/h4-7,11,13H,8H2,1-3H3. The van der Waals surface area contributed by atoms with E-state index in [9.17, 15) is 8.42 Å². The molecular weight excluding hydrogens is 278 g/mol. The largest absolute Gasteiger partial charge is 0.313 e. The van der Waals surface area contributed by atoms with E-state index in [0.717, 1.165) is 5.56 Å². The Kier molecular flexibility index (Phi) is 4.15. The molecule has 2 rings (SSSR count). The van der Waals surface area contributed by atoms with Crippen LogP contribution in [-0.4, -0.2) is 41.9 Å². The summed E-state index contributed by atoms with van der Waals surface area (Å²) in [5, 5.41) is 15.1. The van der Waals surface area contributed by atoms with Crippen molar-refractivity contribution in [3.63, 3.8) is 0 Å². The van der Waals surface area contributed by atoms with Crippen LogP contribution < -0.4 is 5.32 Å². The van der Waals surface area contributed by atoms with Gasteiger partial charge in [0.15, 0.2) is 15.7 Å². The third-order valence-corrected chi connectivity index (χ3v) is 4.12. The van der Waals surface area contributed by atoms with Crippen LogP contribution in [0.2, 0.25) is 0 Å². The molecule has 0 radical (unpaired) electrons. The average Bonchev–Trinajstić information content (AvgIpc) is 2.81. The fraction of sp³-hybridized carbons (Fsp3) is 0.417. The predicted molar refractivity (Wildman–Crippen MR) is 73.9 cm³/mol. The van der Waals surface area contributed by atoms with E-state index in [2.05, 4.69) is 20.7 Å². The van der Waals surface area contributed by atoms with Crippen molar-refractivity contribution in [3.8, 4) is 0 Å². The van der Waals surface area contributed by atoms with E-state index in [0.29, 0.717) is 17.1 Å². The molecule has 8 heteroatoms. The molecule has 0 aliphatic carbocycles. The lowest BCUT2D eigenvalue weighted by Gasteiger charge is -2.15. The number of aromatic nitrogens is 4. The number of hydrogen-bond acceptors (Lipinski definition) is 6. The van der Waals surface area contributed by atoms with Gasteiger partial charge in [-0.25, -0.2) is 8.42 Å². The number of likely N-dealkylation sites (N-methyl/N-ethyl adjacent to an activating group) is 1. The first-order valence-electron chi connectivity index (χ1n) is 6.10. The quantitative estimate of drug-likeness (QED) is 0.842. The summed E-state index contributed by atoms with van der Waals surface area (Å²) in [6, 6.07) is 6.83. The van der Waals surface area contributed by atoms with Gasteiger partial charge in [0.1, 0.15) is 0 Å². The highest BCUT2D eigenvalue weighted by Gasteiger charge is 2.14. The molecule has 7 nitrogen and oxygen atoms in total. The molecule has 1 heterocycles. The van der Waals surface area contributed by atoms with Gasteiger partial charge in [0, 0.05) is 18.7 Å². The Bertz CT molecular complexity index is 678. The molecule has 0 spiro atoms. The zero-order valence-corrected chi connectivity index (χ0v) is 12.4. The third-order valence-electron chi connectivity index (χ3n) is 3.00. The number of rotatable bonds is 5. The monoisotopic (exact) mass is 295 g/mol. The lowest BCUT2D eigenvalue weighted by atomic mass is 10.0. The second-order valence-electron chi connectivity index (χ2n) is 4.58. The maximum atomic E-state index is 11.4. The first kappa shape index (κ1) is 14.6. The Morgan fingerprint density at radius 1 is 1.30 bits per heavy atom. The fourth-order valence-corrected chi connectivity index (χ4v) is 2.55. The highest BCUT2D eigenvalue weighted by atomic mass is 32.2. The minimum Gasteiger partial charge on any atom is -0.313 e. The number of sulfone groups is 1. The number of aryl methyl sites for hydroxylation is 1. The number of benzene rings is 1. The van der Waals surface area contributed by atoms with Gasteiger partial charge in [-0.1, -0.05) is 12.1 Å². The molecule has 2 aromatic rings. The van der Waals surface area contributed by atoms with Crippen LogP contribution in [0.1, 0.15) is 17.4 Å². The first-order chi connectivity index (χ1) is 9.40. The van der Waals surface area contributed by atoms with Crippen molar-refractivity contribution < 1.29 is 8.42 Å². The molecule has 0 fully saturated rings. The summed E-state index contributed by atoms with van der Waals surface area (Å²) in [7, 11) is 0.387. The van der Waals surface area contributed by atoms with Gasteiger partial charge in [0.05, 0.1) is 11.9 Å². The summed E-state index contributed by atoms with van der Waals surface area (Å²) < 4.78 is 22.9. The number of nitrogens with one attached hydrogen (secondary N) is 1. The normalized spacial score (nSPS) is 13.3. The van der Waals surface area contributed by atoms with Gasteiger partial charge in [-0.2, -0.15) is 4.80 Å². The van der Waals surface area contributed by atoms with Crippen molar-refractivity contribution in [1.29, 1.82) is 0 Å². The van der Waals surface area contributed by atoms with Crippen LogP contribution in [0.15, 0.2) is 29.2 Å². The van der Waals surface area contributed by atoms with Crippen LogP contribution in [0.5, 0.6) is 0 Å². The summed E-state index contributed by atoms with van der Waals surface area (Å²) >= 11 is 0. The van der Waals surface area contributed by atoms with E-state index in [1.807, 2.05) is 7.05 Å². The van der Waals surface area contributed by atoms with Gasteiger partial charge >= 0.3 is 0 Å². The van der Waals surface area contributed by atoms with Crippen molar-refractivity contribution in [2.75, 3.05) is 13.3 Å². The summed E-state index contributed by atoms with van der Waals surface area (Å²) in [5.41, 5.74) is 0.979. The molecule has 0 saturated heterocycles. The van der Waals surface area contributed by atoms with Crippen molar-refractivity contribution in [3.05, 3.63) is 35.7 Å². The van der Waals surface area contributed by atoms with Gasteiger partial charge in [0.25, 0.3) is 0 Å². The second kappa shape index (κ2) is 5.68. The number of tetrazole rings is 1. The topological polar surface area (TPSA) is 89.8 Å². The Labute approximate surface area is 117 Å². The van der Waals surface area contributed by atoms with E-state index in [1.165, 1.54) is 11.1 Å². The number of nitrogens with zero attached hydrogens (tertiary/aromatic N) is 4. The number of hydrogen-bond donors (Lipinski definition) is 1. The van der Waals surface area contributed by atoms with Crippen molar-refractivity contribution >= 4 is 9.84 Å². The molecule has 0 aliphatic heterocycles. The van der Waals surface area contributed by atoms with Crippen LogP contribution in [0.25, 0.3) is 0 Å². The zero-order chi connectivity index (χ0) is 14.8. The molecule has 108 valence electrons. The van der Waals surface area contributed by atoms with Gasteiger partial charge in [-0.3, -0.25) is 0 Å².